The van der Waals surface area contributed by atoms with Gasteiger partial charge in [0.2, 0.25) is 11.4 Å². The van der Waals surface area contributed by atoms with Gasteiger partial charge in [0.25, 0.3) is 0 Å². The second kappa shape index (κ2) is 7.54. The van der Waals surface area contributed by atoms with E-state index in [4.69, 9.17) is 26.1 Å². The number of hydrogen-bond acceptors (Lipinski definition) is 1. The highest BCUT2D eigenvalue weighted by Gasteiger charge is 2.26. The number of aromatic nitrogens is 1. The molecule has 2 aromatic carbocycles. The van der Waals surface area contributed by atoms with Crippen LogP contribution >= 0.6 is 0 Å². The average Bonchev–Trinajstić information content (AvgIpc) is 3.23. The van der Waals surface area contributed by atoms with Gasteiger partial charge in [-0.1, -0.05) is 45.2 Å². The number of fused-ring (bicyclic) bond motifs is 3. The summed E-state index contributed by atoms with van der Waals surface area (Å²) in [7, 11) is 1.55. The van der Waals surface area contributed by atoms with Crippen molar-refractivity contribution in [1.29, 1.82) is 0 Å². The minimum absolute atomic E-state index is 0.0127. The fraction of sp³-hybridized carbons (Fsp3) is 0.357. The molecule has 0 aliphatic rings. The van der Waals surface area contributed by atoms with Crippen molar-refractivity contribution in [3.63, 3.8) is 0 Å². The van der Waals surface area contributed by atoms with Gasteiger partial charge in [-0.05, 0) is 48.8 Å². The van der Waals surface area contributed by atoms with Crippen molar-refractivity contribution in [2.45, 2.75) is 60.0 Å². The Hall–Kier alpha value is -3.12. The summed E-state index contributed by atoms with van der Waals surface area (Å²) in [6.45, 7) is 4.80. The molecule has 0 saturated carbocycles. The minimum Gasteiger partial charge on any atom is -0.466 e. The number of benzene rings is 2. The van der Waals surface area contributed by atoms with E-state index in [0.717, 1.165) is 6.92 Å². The first-order valence-electron chi connectivity index (χ1n) is 15.8. The van der Waals surface area contributed by atoms with Crippen molar-refractivity contribution < 1.29 is 25.4 Å². The number of rotatable bonds is 3. The zero-order valence-electron chi connectivity index (χ0n) is 30.1. The molecule has 0 bridgehead atoms. The van der Waals surface area contributed by atoms with Crippen LogP contribution in [-0.4, -0.2) is 0 Å². The van der Waals surface area contributed by atoms with E-state index in [0.29, 0.717) is 21.9 Å². The highest BCUT2D eigenvalue weighted by atomic mass is 16.3. The molecule has 0 N–H and O–H groups in total. The fourth-order valence-corrected chi connectivity index (χ4v) is 3.91. The highest BCUT2D eigenvalue weighted by Crippen LogP contribution is 2.42. The number of nitrogens with zero attached hydrogens (tertiary/aromatic N) is 2. The van der Waals surface area contributed by atoms with Crippen LogP contribution in [0.15, 0.2) is 34.7 Å². The lowest BCUT2D eigenvalue weighted by atomic mass is 9.92. The molecule has 158 valence electrons. The maximum absolute atomic E-state index is 9.23. The maximum atomic E-state index is 9.23. The lowest BCUT2D eigenvalue weighted by molar-refractivity contribution is -0.667. The monoisotopic (exact) mass is 423 g/mol. The van der Waals surface area contributed by atoms with Gasteiger partial charge in [0.1, 0.15) is 18.2 Å². The number of hydrogen-bond donors (Lipinski definition) is 0. The second-order valence-electron chi connectivity index (χ2n) is 7.84. The lowest BCUT2D eigenvalue weighted by Crippen LogP contribution is -2.36. The van der Waals surface area contributed by atoms with Crippen LogP contribution in [0, 0.1) is 27.3 Å². The Kier molecular flexibility index (Phi) is 2.66. The van der Waals surface area contributed by atoms with E-state index in [1.807, 2.05) is 0 Å². The Balaban J connectivity index is 2.23. The molecule has 3 nitrogen and oxygen atoms in total. The van der Waals surface area contributed by atoms with E-state index in [2.05, 4.69) is 4.85 Å². The molecule has 2 atom stereocenters. The molecular weight excluding hydrogens is 380 g/mol. The third-order valence-corrected chi connectivity index (χ3v) is 5.79. The Morgan fingerprint density at radius 3 is 2.58 bits per heavy atom. The standard InChI is InChI=1S/C28H31N2O/c1-15(2)20-12-23-21-11-10-17(5)26(28(21)31-27(23)24(13-20)29-8)25-14-22(16(3)4)18(6)19(7)30(25)9/h10-16H,1-7,9H3/q+1/i1D3,3D3,6D3,14D,15D,16D. The van der Waals surface area contributed by atoms with Gasteiger partial charge in [0, 0.05) is 44.4 Å². The zero-order chi connectivity index (χ0) is 32.8. The summed E-state index contributed by atoms with van der Waals surface area (Å²) in [5.41, 5.74) is 0.752. The normalized spacial score (nSPS) is 22.5. The molecule has 2 aromatic heterocycles. The summed E-state index contributed by atoms with van der Waals surface area (Å²) < 4.78 is 107. The number of pyridine rings is 1. The van der Waals surface area contributed by atoms with Crippen molar-refractivity contribution in [3.8, 4) is 11.3 Å². The van der Waals surface area contributed by atoms with Gasteiger partial charge in [0.05, 0.1) is 13.5 Å². The van der Waals surface area contributed by atoms with Gasteiger partial charge < -0.3 is 4.42 Å². The molecule has 0 radical (unpaired) electrons. The molecular formula is C28H31N2O+. The zero-order valence-corrected chi connectivity index (χ0v) is 18.1. The van der Waals surface area contributed by atoms with Crippen LogP contribution in [0.25, 0.3) is 38.0 Å². The summed E-state index contributed by atoms with van der Waals surface area (Å²) >= 11 is 0. The van der Waals surface area contributed by atoms with Crippen LogP contribution in [0.1, 0.15) is 83.7 Å². The van der Waals surface area contributed by atoms with E-state index in [1.165, 1.54) is 30.5 Å². The number of aryl methyl sites for hydroxylation is 1. The number of furan rings is 1. The highest BCUT2D eigenvalue weighted by molar-refractivity contribution is 6.13. The summed E-state index contributed by atoms with van der Waals surface area (Å²) in [6, 6.07) is 5.78. The van der Waals surface area contributed by atoms with E-state index in [-0.39, 0.29) is 39.4 Å². The van der Waals surface area contributed by atoms with Crippen LogP contribution in [-0.2, 0) is 7.05 Å². The second-order valence-corrected chi connectivity index (χ2v) is 7.84. The van der Waals surface area contributed by atoms with Crippen LogP contribution in [0.2, 0.25) is 0 Å². The molecule has 0 spiro atoms. The molecule has 4 aromatic rings. The molecule has 31 heavy (non-hydrogen) atoms. The van der Waals surface area contributed by atoms with E-state index < -0.39 is 43.9 Å². The van der Waals surface area contributed by atoms with Gasteiger partial charge in [-0.15, -0.1) is 0 Å². The minimum atomic E-state index is -2.97. The summed E-state index contributed by atoms with van der Waals surface area (Å²) in [5.74, 6) is -4.50. The molecule has 4 rings (SSSR count). The van der Waals surface area contributed by atoms with Crippen molar-refractivity contribution in [1.82, 2.24) is 0 Å². The molecule has 3 heteroatoms. The topological polar surface area (TPSA) is 21.4 Å². The van der Waals surface area contributed by atoms with E-state index in [1.54, 1.807) is 26.1 Å². The Labute approximate surface area is 202 Å². The van der Waals surface area contributed by atoms with Crippen LogP contribution in [0.4, 0.5) is 5.69 Å². The predicted molar refractivity (Wildman–Crippen MR) is 129 cm³/mol. The molecule has 2 unspecified atom stereocenters. The van der Waals surface area contributed by atoms with Gasteiger partial charge in [-0.25, -0.2) is 4.85 Å². The van der Waals surface area contributed by atoms with Gasteiger partial charge in [0.15, 0.2) is 5.69 Å². The Morgan fingerprint density at radius 1 is 1.13 bits per heavy atom. The molecule has 0 amide bonds. The van der Waals surface area contributed by atoms with E-state index >= 15 is 0 Å². The molecule has 2 heterocycles. The summed E-state index contributed by atoms with van der Waals surface area (Å²) in [4.78, 5) is 3.53. The van der Waals surface area contributed by atoms with E-state index in [9.17, 15) is 1.37 Å². The van der Waals surface area contributed by atoms with Crippen LogP contribution < -0.4 is 4.57 Å². The van der Waals surface area contributed by atoms with Crippen molar-refractivity contribution in [2.75, 3.05) is 0 Å². The third kappa shape index (κ3) is 3.22. The Bertz CT molecular complexity index is 1830. The molecule has 0 fully saturated rings. The summed E-state index contributed by atoms with van der Waals surface area (Å²) in [6.07, 6.45) is 0. The van der Waals surface area contributed by atoms with Crippen LogP contribution in [0.5, 0.6) is 0 Å². The Morgan fingerprint density at radius 2 is 1.90 bits per heavy atom. The largest absolute Gasteiger partial charge is 0.466 e. The van der Waals surface area contributed by atoms with Gasteiger partial charge in [-0.3, -0.25) is 0 Å². The molecule has 0 aliphatic carbocycles. The first-order chi connectivity index (χ1) is 19.4. The third-order valence-electron chi connectivity index (χ3n) is 5.79. The van der Waals surface area contributed by atoms with Crippen molar-refractivity contribution in [3.05, 3.63) is 69.7 Å². The maximum Gasteiger partial charge on any atom is 0.229 e. The smallest absolute Gasteiger partial charge is 0.229 e. The first-order valence-corrected chi connectivity index (χ1v) is 9.82. The van der Waals surface area contributed by atoms with Crippen molar-refractivity contribution >= 4 is 27.6 Å². The summed E-state index contributed by atoms with van der Waals surface area (Å²) in [5, 5.41) is 0.826. The SMILES string of the molecule is [2H]c1c(C([2H])(C)C([2H])([2H])[2H])c(C([2H])([2H])[2H])c(C)[n+](C)c1-c1c(C)ccc2c1oc1c([N+]#[C-])cc(C([2H])(C)C([2H])([2H])[2H])cc12. The van der Waals surface area contributed by atoms with Crippen molar-refractivity contribution in [2.24, 2.45) is 7.05 Å². The average molecular weight is 424 g/mol. The quantitative estimate of drug-likeness (QED) is 0.243. The van der Waals surface area contributed by atoms with Gasteiger partial charge in [-0.2, -0.15) is 4.57 Å². The molecule has 0 saturated heterocycles. The predicted octanol–water partition coefficient (Wildman–Crippen LogP) is 7.80. The van der Waals surface area contributed by atoms with Crippen LogP contribution in [0.3, 0.4) is 0 Å². The first kappa shape index (κ1) is 11.0. The molecule has 0 aliphatic heterocycles. The fourth-order valence-electron chi connectivity index (χ4n) is 3.91. The lowest BCUT2D eigenvalue weighted by Gasteiger charge is -2.14. The van der Waals surface area contributed by atoms with Gasteiger partial charge >= 0.3 is 0 Å².